The van der Waals surface area contributed by atoms with Crippen molar-refractivity contribution in [3.8, 4) is 0 Å². The molecule has 0 radical (unpaired) electrons. The van der Waals surface area contributed by atoms with Gasteiger partial charge in [-0.15, -0.1) is 0 Å². The van der Waals surface area contributed by atoms with Gasteiger partial charge < -0.3 is 0 Å². The molecule has 20 heavy (non-hydrogen) atoms. The Morgan fingerprint density at radius 1 is 1.15 bits per heavy atom. The van der Waals surface area contributed by atoms with Gasteiger partial charge in [0.05, 0.1) is 8.07 Å². The Morgan fingerprint density at radius 3 is 2.30 bits per heavy atom. The van der Waals surface area contributed by atoms with E-state index < -0.39 is 8.07 Å². The fourth-order valence-electron chi connectivity index (χ4n) is 4.94. The van der Waals surface area contributed by atoms with E-state index in [4.69, 9.17) is 0 Å². The zero-order valence-electron chi connectivity index (χ0n) is 13.4. The Kier molecular flexibility index (Phi) is 3.24. The van der Waals surface area contributed by atoms with E-state index in [0.29, 0.717) is 5.41 Å². The smallest absolute Gasteiger partial charge is 0.0839 e. The molecule has 0 N–H and O–H groups in total. The Hall–Kier alpha value is -0.823. The fraction of sp³-hybridized carbons (Fsp3) is 0.579. The largest absolute Gasteiger partial charge is 0.0985 e. The summed E-state index contributed by atoms with van der Waals surface area (Å²) in [5.41, 5.74) is 2.82. The van der Waals surface area contributed by atoms with Gasteiger partial charge in [-0.3, -0.25) is 0 Å². The average molecular weight is 285 g/mol. The number of fused-ring (bicyclic) bond motifs is 2. The van der Waals surface area contributed by atoms with Crippen LogP contribution in [-0.4, -0.2) is 8.07 Å². The van der Waals surface area contributed by atoms with E-state index in [0.717, 1.165) is 17.4 Å². The fourth-order valence-corrected chi connectivity index (χ4v) is 8.85. The minimum absolute atomic E-state index is 0.605. The quantitative estimate of drug-likeness (QED) is 0.680. The van der Waals surface area contributed by atoms with Gasteiger partial charge in [-0.05, 0) is 41.2 Å². The second-order valence-electron chi connectivity index (χ2n) is 8.09. The average Bonchev–Trinajstić information content (AvgIpc) is 2.47. The first-order valence-electron chi connectivity index (χ1n) is 8.10. The summed E-state index contributed by atoms with van der Waals surface area (Å²) in [6, 6.07) is 9.24. The van der Waals surface area contributed by atoms with Gasteiger partial charge in [0.1, 0.15) is 0 Å². The van der Waals surface area contributed by atoms with Gasteiger partial charge in [0, 0.05) is 0 Å². The van der Waals surface area contributed by atoms with Crippen LogP contribution in [-0.2, 0) is 0 Å². The third-order valence-corrected chi connectivity index (χ3v) is 11.0. The lowest BCUT2D eigenvalue weighted by Crippen LogP contribution is -2.59. The molecule has 1 aromatic rings. The van der Waals surface area contributed by atoms with E-state index in [9.17, 15) is 0 Å². The van der Waals surface area contributed by atoms with E-state index in [1.54, 1.807) is 5.19 Å². The standard InChI is InChI=1S/C19H28Si/c1-6-14-7-10-16(11-8-14)20(4,5)18-12-9-15-13-17(18)19(15,2)3/h6-8,10-11,15,17-18H,1,9,12-13H2,2-5H3. The van der Waals surface area contributed by atoms with Gasteiger partial charge in [0.2, 0.25) is 0 Å². The predicted octanol–water partition coefficient (Wildman–Crippen LogP) is 5.07. The summed E-state index contributed by atoms with van der Waals surface area (Å²) in [5.74, 6) is 1.98. The summed E-state index contributed by atoms with van der Waals surface area (Å²) in [4.78, 5) is 0. The van der Waals surface area contributed by atoms with Crippen LogP contribution >= 0.6 is 0 Å². The Labute approximate surface area is 125 Å². The Bertz CT molecular complexity index is 507. The molecule has 3 aliphatic carbocycles. The highest BCUT2D eigenvalue weighted by atomic mass is 28.3. The van der Waals surface area contributed by atoms with Crippen molar-refractivity contribution < 1.29 is 0 Å². The molecular formula is C19H28Si. The molecule has 3 unspecified atom stereocenters. The second-order valence-corrected chi connectivity index (χ2v) is 12.9. The van der Waals surface area contributed by atoms with E-state index in [1.807, 2.05) is 6.08 Å². The van der Waals surface area contributed by atoms with Crippen molar-refractivity contribution in [2.75, 3.05) is 0 Å². The van der Waals surface area contributed by atoms with E-state index >= 15 is 0 Å². The van der Waals surface area contributed by atoms with Crippen LogP contribution < -0.4 is 5.19 Å². The molecule has 0 spiro atoms. The van der Waals surface area contributed by atoms with Crippen molar-refractivity contribution in [1.82, 2.24) is 0 Å². The third-order valence-electron chi connectivity index (χ3n) is 6.68. The molecule has 0 saturated heterocycles. The molecule has 0 heterocycles. The number of hydrogen-bond donors (Lipinski definition) is 0. The highest BCUT2D eigenvalue weighted by Crippen LogP contribution is 2.65. The van der Waals surface area contributed by atoms with Crippen molar-refractivity contribution in [3.05, 3.63) is 36.4 Å². The van der Waals surface area contributed by atoms with Gasteiger partial charge in [0.15, 0.2) is 0 Å². The summed E-state index contributed by atoms with van der Waals surface area (Å²) in [5, 5.41) is 1.63. The van der Waals surface area contributed by atoms with Gasteiger partial charge in [-0.25, -0.2) is 0 Å². The summed E-state index contributed by atoms with van der Waals surface area (Å²) >= 11 is 0. The number of rotatable bonds is 3. The van der Waals surface area contributed by atoms with Gasteiger partial charge in [0.25, 0.3) is 0 Å². The zero-order valence-corrected chi connectivity index (χ0v) is 14.4. The molecule has 3 fully saturated rings. The molecule has 3 saturated carbocycles. The summed E-state index contributed by atoms with van der Waals surface area (Å²) in [6.45, 7) is 14.1. The highest BCUT2D eigenvalue weighted by Gasteiger charge is 2.57. The van der Waals surface area contributed by atoms with Gasteiger partial charge in [-0.1, -0.05) is 75.5 Å². The van der Waals surface area contributed by atoms with Crippen LogP contribution in [0.2, 0.25) is 18.6 Å². The lowest BCUT2D eigenvalue weighted by molar-refractivity contribution is -0.0657. The second kappa shape index (κ2) is 4.59. The maximum atomic E-state index is 3.86. The van der Waals surface area contributed by atoms with Crippen LogP contribution in [0.15, 0.2) is 30.8 Å². The maximum absolute atomic E-state index is 3.86. The number of benzene rings is 1. The van der Waals surface area contributed by atoms with Crippen LogP contribution in [0.25, 0.3) is 6.08 Å². The lowest BCUT2D eigenvalue weighted by Gasteiger charge is -2.63. The molecule has 1 aromatic carbocycles. The van der Waals surface area contributed by atoms with Crippen LogP contribution in [0, 0.1) is 17.3 Å². The van der Waals surface area contributed by atoms with Gasteiger partial charge >= 0.3 is 0 Å². The topological polar surface area (TPSA) is 0 Å². The summed E-state index contributed by atoms with van der Waals surface area (Å²) < 4.78 is 0. The molecule has 2 bridgehead atoms. The zero-order chi connectivity index (χ0) is 14.5. The molecule has 3 aliphatic rings. The van der Waals surface area contributed by atoms with Crippen LogP contribution in [0.4, 0.5) is 0 Å². The first-order valence-corrected chi connectivity index (χ1v) is 11.2. The summed E-state index contributed by atoms with van der Waals surface area (Å²) in [6.07, 6.45) is 6.38. The van der Waals surface area contributed by atoms with Crippen molar-refractivity contribution in [2.45, 2.75) is 51.7 Å². The molecule has 0 aromatic heterocycles. The molecule has 0 nitrogen and oxygen atoms in total. The van der Waals surface area contributed by atoms with E-state index in [1.165, 1.54) is 24.8 Å². The first-order chi connectivity index (χ1) is 9.37. The first kappa shape index (κ1) is 14.1. The monoisotopic (exact) mass is 284 g/mol. The Morgan fingerprint density at radius 2 is 1.80 bits per heavy atom. The lowest BCUT2D eigenvalue weighted by atomic mass is 9.48. The van der Waals surface area contributed by atoms with Crippen molar-refractivity contribution >= 4 is 19.3 Å². The Balaban J connectivity index is 1.88. The third kappa shape index (κ3) is 1.94. The summed E-state index contributed by atoms with van der Waals surface area (Å²) in [7, 11) is -1.36. The molecule has 108 valence electrons. The van der Waals surface area contributed by atoms with Crippen LogP contribution in [0.5, 0.6) is 0 Å². The maximum Gasteiger partial charge on any atom is 0.0839 e. The molecule has 1 heteroatoms. The minimum Gasteiger partial charge on any atom is -0.0985 e. The minimum atomic E-state index is -1.36. The highest BCUT2D eigenvalue weighted by molar-refractivity contribution is 6.91. The van der Waals surface area contributed by atoms with Crippen molar-refractivity contribution in [2.24, 2.45) is 17.3 Å². The molecule has 3 atom stereocenters. The number of hydrogen-bond acceptors (Lipinski definition) is 0. The van der Waals surface area contributed by atoms with E-state index in [2.05, 4.69) is 57.8 Å². The van der Waals surface area contributed by atoms with Crippen LogP contribution in [0.3, 0.4) is 0 Å². The van der Waals surface area contributed by atoms with Gasteiger partial charge in [-0.2, -0.15) is 0 Å². The SMILES string of the molecule is C=Cc1ccc([Si](C)(C)C2CCC3CC2C3(C)C)cc1. The van der Waals surface area contributed by atoms with E-state index in [-0.39, 0.29) is 0 Å². The van der Waals surface area contributed by atoms with Crippen LogP contribution in [0.1, 0.15) is 38.7 Å². The predicted molar refractivity (Wildman–Crippen MR) is 92.0 cm³/mol. The van der Waals surface area contributed by atoms with Crippen molar-refractivity contribution in [1.29, 1.82) is 0 Å². The molecule has 4 rings (SSSR count). The molecule has 0 aliphatic heterocycles. The molecule has 0 amide bonds. The molecular weight excluding hydrogens is 256 g/mol. The normalized spacial score (nSPS) is 31.5. The van der Waals surface area contributed by atoms with Crippen molar-refractivity contribution in [3.63, 3.8) is 0 Å².